The second kappa shape index (κ2) is 6.61. The molecule has 7 nitrogen and oxygen atoms in total. The van der Waals surface area contributed by atoms with Crippen LogP contribution in [0.4, 0.5) is 16.0 Å². The number of para-hydroxylation sites is 1. The fourth-order valence-corrected chi connectivity index (χ4v) is 3.99. The van der Waals surface area contributed by atoms with Crippen LogP contribution in [-0.2, 0) is 9.59 Å². The van der Waals surface area contributed by atoms with Gasteiger partial charge in [-0.2, -0.15) is 0 Å². The van der Waals surface area contributed by atoms with Crippen molar-refractivity contribution >= 4 is 23.5 Å². The first-order chi connectivity index (χ1) is 13.0. The van der Waals surface area contributed by atoms with Gasteiger partial charge in [-0.15, -0.1) is 0 Å². The highest BCUT2D eigenvalue weighted by Crippen LogP contribution is 2.35. The summed E-state index contributed by atoms with van der Waals surface area (Å²) in [4.78, 5) is 38.4. The molecule has 4 rings (SSSR count). The molecule has 0 saturated carbocycles. The highest BCUT2D eigenvalue weighted by Gasteiger charge is 2.50. The number of anilines is 2. The summed E-state index contributed by atoms with van der Waals surface area (Å²) < 4.78 is 13.1. The number of piperazine rings is 1. The van der Waals surface area contributed by atoms with E-state index in [-0.39, 0.29) is 18.4 Å². The number of carbonyl (C=O) groups is 2. The Morgan fingerprint density at radius 1 is 1.15 bits per heavy atom. The fraction of sp³-hybridized carbons (Fsp3) is 0.368. The van der Waals surface area contributed by atoms with E-state index in [0.29, 0.717) is 32.0 Å². The number of aromatic nitrogens is 2. The van der Waals surface area contributed by atoms with Crippen LogP contribution in [0.25, 0.3) is 0 Å². The Hall–Kier alpha value is -3.03. The molecule has 2 fully saturated rings. The largest absolute Gasteiger partial charge is 0.338 e. The third-order valence-electron chi connectivity index (χ3n) is 5.29. The summed E-state index contributed by atoms with van der Waals surface area (Å²) >= 11 is 0. The van der Waals surface area contributed by atoms with Crippen LogP contribution in [0, 0.1) is 5.82 Å². The minimum absolute atomic E-state index is 0.0440. The quantitative estimate of drug-likeness (QED) is 0.802. The van der Waals surface area contributed by atoms with Gasteiger partial charge in [0, 0.05) is 25.7 Å². The van der Waals surface area contributed by atoms with E-state index in [1.165, 1.54) is 6.92 Å². The predicted octanol–water partition coefficient (Wildman–Crippen LogP) is 1.46. The standard InChI is InChI=1S/C19H20FN5O2/c1-14(26)25-11-17(27)24(16-5-3-2-4-6-16)13-19(25)7-8-23(12-19)18-21-9-15(20)10-22-18/h2-6,9-10H,7-8,11-13H2,1H3/t19-/m0/s1. The minimum atomic E-state index is -0.521. The summed E-state index contributed by atoms with van der Waals surface area (Å²) in [6.45, 7) is 3.07. The monoisotopic (exact) mass is 369 g/mol. The summed E-state index contributed by atoms with van der Waals surface area (Å²) in [5.74, 6) is -0.284. The first kappa shape index (κ1) is 17.4. The minimum Gasteiger partial charge on any atom is -0.338 e. The van der Waals surface area contributed by atoms with Gasteiger partial charge in [0.15, 0.2) is 5.82 Å². The molecule has 2 aliphatic rings. The lowest BCUT2D eigenvalue weighted by Crippen LogP contribution is -2.66. The number of hydrogen-bond donors (Lipinski definition) is 0. The van der Waals surface area contributed by atoms with Gasteiger partial charge in [-0.1, -0.05) is 18.2 Å². The number of nitrogens with zero attached hydrogens (tertiary/aromatic N) is 5. The molecule has 0 radical (unpaired) electrons. The molecule has 3 heterocycles. The van der Waals surface area contributed by atoms with Crippen LogP contribution in [-0.4, -0.2) is 58.4 Å². The molecule has 2 amide bonds. The summed E-state index contributed by atoms with van der Waals surface area (Å²) in [5, 5.41) is 0. The summed E-state index contributed by atoms with van der Waals surface area (Å²) in [6.07, 6.45) is 2.96. The van der Waals surface area contributed by atoms with E-state index in [1.807, 2.05) is 35.2 Å². The lowest BCUT2D eigenvalue weighted by Gasteiger charge is -2.48. The van der Waals surface area contributed by atoms with Crippen LogP contribution in [0.2, 0.25) is 0 Å². The Morgan fingerprint density at radius 3 is 2.52 bits per heavy atom. The number of hydrogen-bond acceptors (Lipinski definition) is 5. The summed E-state index contributed by atoms with van der Waals surface area (Å²) in [6, 6.07) is 9.47. The van der Waals surface area contributed by atoms with E-state index in [9.17, 15) is 14.0 Å². The van der Waals surface area contributed by atoms with Crippen LogP contribution < -0.4 is 9.80 Å². The molecule has 8 heteroatoms. The smallest absolute Gasteiger partial charge is 0.246 e. The van der Waals surface area contributed by atoms with E-state index in [2.05, 4.69) is 9.97 Å². The molecule has 0 N–H and O–H groups in total. The highest BCUT2D eigenvalue weighted by molar-refractivity contribution is 5.98. The van der Waals surface area contributed by atoms with Crippen molar-refractivity contribution in [1.82, 2.24) is 14.9 Å². The fourth-order valence-electron chi connectivity index (χ4n) is 3.99. The van der Waals surface area contributed by atoms with Gasteiger partial charge in [0.1, 0.15) is 6.54 Å². The first-order valence-electron chi connectivity index (χ1n) is 8.85. The third-order valence-corrected chi connectivity index (χ3v) is 5.29. The molecular weight excluding hydrogens is 349 g/mol. The van der Waals surface area contributed by atoms with Gasteiger partial charge in [0.05, 0.1) is 24.5 Å². The van der Waals surface area contributed by atoms with E-state index in [0.717, 1.165) is 18.1 Å². The van der Waals surface area contributed by atoms with Gasteiger partial charge in [-0.25, -0.2) is 14.4 Å². The second-order valence-electron chi connectivity index (χ2n) is 7.02. The Balaban J connectivity index is 1.64. The van der Waals surface area contributed by atoms with Crippen molar-refractivity contribution in [3.63, 3.8) is 0 Å². The lowest BCUT2D eigenvalue weighted by molar-refractivity contribution is -0.142. The number of amides is 2. The van der Waals surface area contributed by atoms with E-state index in [4.69, 9.17) is 0 Å². The molecule has 0 bridgehead atoms. The molecule has 1 atom stereocenters. The average molecular weight is 369 g/mol. The first-order valence-corrected chi connectivity index (χ1v) is 8.85. The molecule has 1 aromatic heterocycles. The van der Waals surface area contributed by atoms with Crippen LogP contribution in [0.3, 0.4) is 0 Å². The normalized spacial score (nSPS) is 22.6. The van der Waals surface area contributed by atoms with E-state index >= 15 is 0 Å². The average Bonchev–Trinajstić information content (AvgIpc) is 3.09. The highest BCUT2D eigenvalue weighted by atomic mass is 19.1. The summed E-state index contributed by atoms with van der Waals surface area (Å²) in [5.41, 5.74) is 0.300. The van der Waals surface area contributed by atoms with Gasteiger partial charge in [-0.3, -0.25) is 9.59 Å². The zero-order valence-corrected chi connectivity index (χ0v) is 15.0. The van der Waals surface area contributed by atoms with Gasteiger partial charge >= 0.3 is 0 Å². The topological polar surface area (TPSA) is 69.6 Å². The number of halogens is 1. The van der Waals surface area contributed by atoms with E-state index < -0.39 is 11.4 Å². The number of benzene rings is 1. The second-order valence-corrected chi connectivity index (χ2v) is 7.02. The van der Waals surface area contributed by atoms with Crippen molar-refractivity contribution in [3.05, 3.63) is 48.5 Å². The Morgan fingerprint density at radius 2 is 1.85 bits per heavy atom. The molecule has 2 saturated heterocycles. The van der Waals surface area contributed by atoms with Crippen molar-refractivity contribution in [3.8, 4) is 0 Å². The third kappa shape index (κ3) is 3.11. The van der Waals surface area contributed by atoms with Gasteiger partial charge in [0.2, 0.25) is 17.8 Å². The zero-order chi connectivity index (χ0) is 19.0. The van der Waals surface area contributed by atoms with Crippen LogP contribution in [0.1, 0.15) is 13.3 Å². The van der Waals surface area contributed by atoms with Gasteiger partial charge in [0.25, 0.3) is 0 Å². The number of rotatable bonds is 2. The maximum absolute atomic E-state index is 13.1. The Bertz CT molecular complexity index is 860. The molecule has 1 aromatic carbocycles. The van der Waals surface area contributed by atoms with Crippen LogP contribution in [0.5, 0.6) is 0 Å². The molecule has 2 aromatic rings. The van der Waals surface area contributed by atoms with Crippen molar-refractivity contribution in [2.45, 2.75) is 18.9 Å². The maximum Gasteiger partial charge on any atom is 0.246 e. The van der Waals surface area contributed by atoms with E-state index in [1.54, 1.807) is 9.80 Å². The number of carbonyl (C=O) groups excluding carboxylic acids is 2. The molecule has 0 unspecified atom stereocenters. The molecule has 140 valence electrons. The van der Waals surface area contributed by atoms with Gasteiger partial charge < -0.3 is 14.7 Å². The molecule has 2 aliphatic heterocycles. The van der Waals surface area contributed by atoms with Crippen molar-refractivity contribution in [2.24, 2.45) is 0 Å². The van der Waals surface area contributed by atoms with Gasteiger partial charge in [-0.05, 0) is 18.6 Å². The van der Waals surface area contributed by atoms with Crippen molar-refractivity contribution in [1.29, 1.82) is 0 Å². The Labute approximate surface area is 156 Å². The van der Waals surface area contributed by atoms with Crippen molar-refractivity contribution in [2.75, 3.05) is 36.0 Å². The Kier molecular flexibility index (Phi) is 4.25. The summed E-state index contributed by atoms with van der Waals surface area (Å²) in [7, 11) is 0. The van der Waals surface area contributed by atoms with Crippen LogP contribution >= 0.6 is 0 Å². The molecule has 27 heavy (non-hydrogen) atoms. The lowest BCUT2D eigenvalue weighted by atomic mass is 9.91. The molecule has 1 spiro atoms. The predicted molar refractivity (Wildman–Crippen MR) is 97.7 cm³/mol. The molecule has 0 aliphatic carbocycles. The van der Waals surface area contributed by atoms with Crippen LogP contribution in [0.15, 0.2) is 42.7 Å². The maximum atomic E-state index is 13.1. The van der Waals surface area contributed by atoms with Crippen molar-refractivity contribution < 1.29 is 14.0 Å². The SMILES string of the molecule is CC(=O)N1CC(=O)N(c2ccccc2)C[C@@]12CCN(c1ncc(F)cn1)C2. The zero-order valence-electron chi connectivity index (χ0n) is 15.0. The molecular formula is C19H20FN5O2.